The number of amides is 1. The van der Waals surface area contributed by atoms with Crippen molar-refractivity contribution in [2.45, 2.75) is 26.9 Å². The topological polar surface area (TPSA) is 70.7 Å². The van der Waals surface area contributed by atoms with Crippen molar-refractivity contribution >= 4 is 23.3 Å². The van der Waals surface area contributed by atoms with E-state index in [2.05, 4.69) is 10.4 Å². The molecular formula is C16H14ClF3N4O. The smallest absolute Gasteiger partial charge is 0.309 e. The van der Waals surface area contributed by atoms with Crippen LogP contribution < -0.4 is 5.32 Å². The summed E-state index contributed by atoms with van der Waals surface area (Å²) in [4.78, 5) is 12.2. The highest BCUT2D eigenvalue weighted by Gasteiger charge is 2.32. The van der Waals surface area contributed by atoms with Crippen molar-refractivity contribution in [3.05, 3.63) is 40.5 Å². The standard InChI is InChI=1S/C16H14ClF3N4O/c1-9-6-13(22-14(25)15(2,3)8-21)24(23-9)12-7-10(16(18,19)20)4-5-11(12)17/h4-7H,1-3H3,(H,22,25). The molecule has 0 spiro atoms. The molecule has 5 nitrogen and oxygen atoms in total. The molecule has 0 radical (unpaired) electrons. The van der Waals surface area contributed by atoms with Gasteiger partial charge in [0, 0.05) is 6.07 Å². The molecule has 0 aliphatic carbocycles. The number of aryl methyl sites for hydroxylation is 1. The highest BCUT2D eigenvalue weighted by atomic mass is 35.5. The van der Waals surface area contributed by atoms with Gasteiger partial charge in [-0.25, -0.2) is 4.68 Å². The van der Waals surface area contributed by atoms with E-state index in [1.54, 1.807) is 6.92 Å². The van der Waals surface area contributed by atoms with Crippen molar-refractivity contribution in [1.29, 1.82) is 5.26 Å². The molecule has 25 heavy (non-hydrogen) atoms. The molecule has 132 valence electrons. The number of halogens is 4. The summed E-state index contributed by atoms with van der Waals surface area (Å²) in [6.07, 6.45) is -4.55. The van der Waals surface area contributed by atoms with Crippen LogP contribution in [-0.4, -0.2) is 15.7 Å². The fraction of sp³-hybridized carbons (Fsp3) is 0.312. The molecule has 1 heterocycles. The summed E-state index contributed by atoms with van der Waals surface area (Å²) in [7, 11) is 0. The summed E-state index contributed by atoms with van der Waals surface area (Å²) < 4.78 is 40.0. The molecule has 0 bridgehead atoms. The van der Waals surface area contributed by atoms with Gasteiger partial charge in [0.15, 0.2) is 0 Å². The Hall–Kier alpha value is -2.53. The quantitative estimate of drug-likeness (QED) is 0.873. The Morgan fingerprint density at radius 3 is 2.52 bits per heavy atom. The Morgan fingerprint density at radius 2 is 1.96 bits per heavy atom. The van der Waals surface area contributed by atoms with Crippen molar-refractivity contribution in [3.63, 3.8) is 0 Å². The van der Waals surface area contributed by atoms with Gasteiger partial charge in [-0.3, -0.25) is 4.79 Å². The number of hydrogen-bond donors (Lipinski definition) is 1. The SMILES string of the molecule is Cc1cc(NC(=O)C(C)(C)C#N)n(-c2cc(C(F)(F)F)ccc2Cl)n1. The third-order valence-corrected chi connectivity index (χ3v) is 3.74. The molecule has 1 amide bonds. The average Bonchev–Trinajstić information content (AvgIpc) is 2.86. The summed E-state index contributed by atoms with van der Waals surface area (Å²) in [5, 5.41) is 15.7. The number of nitrogens with zero attached hydrogens (tertiary/aromatic N) is 3. The van der Waals surface area contributed by atoms with Gasteiger partial charge in [-0.1, -0.05) is 11.6 Å². The predicted molar refractivity (Wildman–Crippen MR) is 86.3 cm³/mol. The Bertz CT molecular complexity index is 865. The van der Waals surface area contributed by atoms with E-state index < -0.39 is 23.1 Å². The Morgan fingerprint density at radius 1 is 1.32 bits per heavy atom. The zero-order valence-electron chi connectivity index (χ0n) is 13.6. The van der Waals surface area contributed by atoms with Gasteiger partial charge in [0.05, 0.1) is 28.0 Å². The van der Waals surface area contributed by atoms with Crippen LogP contribution in [0.4, 0.5) is 19.0 Å². The highest BCUT2D eigenvalue weighted by molar-refractivity contribution is 6.32. The van der Waals surface area contributed by atoms with Crippen molar-refractivity contribution < 1.29 is 18.0 Å². The van der Waals surface area contributed by atoms with Gasteiger partial charge in [-0.15, -0.1) is 0 Å². The number of aromatic nitrogens is 2. The van der Waals surface area contributed by atoms with Crippen LogP contribution in [0.25, 0.3) is 5.69 Å². The average molecular weight is 371 g/mol. The van der Waals surface area contributed by atoms with Crippen LogP contribution in [0.3, 0.4) is 0 Å². The van der Waals surface area contributed by atoms with E-state index in [0.29, 0.717) is 5.69 Å². The number of nitrogens with one attached hydrogen (secondary N) is 1. The molecule has 0 aliphatic heterocycles. The number of alkyl halides is 3. The Labute approximate surface area is 147 Å². The number of hydrogen-bond acceptors (Lipinski definition) is 3. The highest BCUT2D eigenvalue weighted by Crippen LogP contribution is 2.34. The molecule has 2 rings (SSSR count). The molecule has 2 aromatic rings. The number of nitriles is 1. The van der Waals surface area contributed by atoms with Crippen LogP contribution in [0.2, 0.25) is 5.02 Å². The zero-order valence-corrected chi connectivity index (χ0v) is 14.3. The second-order valence-electron chi connectivity index (χ2n) is 5.94. The largest absolute Gasteiger partial charge is 0.416 e. The molecule has 0 saturated carbocycles. The van der Waals surface area contributed by atoms with Gasteiger partial charge in [0.25, 0.3) is 0 Å². The summed E-state index contributed by atoms with van der Waals surface area (Å²) in [6, 6.07) is 6.15. The minimum atomic E-state index is -4.55. The molecule has 0 saturated heterocycles. The third kappa shape index (κ3) is 3.94. The third-order valence-electron chi connectivity index (χ3n) is 3.42. The van der Waals surface area contributed by atoms with E-state index in [9.17, 15) is 18.0 Å². The van der Waals surface area contributed by atoms with Gasteiger partial charge in [-0.05, 0) is 39.0 Å². The first kappa shape index (κ1) is 18.8. The molecule has 1 N–H and O–H groups in total. The molecule has 9 heteroatoms. The van der Waals surface area contributed by atoms with Gasteiger partial charge in [0.1, 0.15) is 11.2 Å². The summed E-state index contributed by atoms with van der Waals surface area (Å²) in [6.45, 7) is 4.46. The molecule has 0 aliphatic rings. The fourth-order valence-corrected chi connectivity index (χ4v) is 2.14. The normalized spacial score (nSPS) is 11.9. The van der Waals surface area contributed by atoms with Crippen LogP contribution in [-0.2, 0) is 11.0 Å². The minimum absolute atomic E-state index is 0.0327. The summed E-state index contributed by atoms with van der Waals surface area (Å²) >= 11 is 6.02. The first-order valence-electron chi connectivity index (χ1n) is 7.12. The maximum absolute atomic E-state index is 13.0. The van der Waals surface area contributed by atoms with Gasteiger partial charge in [0.2, 0.25) is 5.91 Å². The zero-order chi connectivity index (χ0) is 19.0. The number of carbonyl (C=O) groups is 1. The van der Waals surface area contributed by atoms with E-state index >= 15 is 0 Å². The number of anilines is 1. The molecule has 1 aromatic carbocycles. The number of rotatable bonds is 3. The van der Waals surface area contributed by atoms with Crippen molar-refractivity contribution in [1.82, 2.24) is 9.78 Å². The van der Waals surface area contributed by atoms with Crippen LogP contribution in [0, 0.1) is 23.7 Å². The van der Waals surface area contributed by atoms with E-state index in [4.69, 9.17) is 16.9 Å². The minimum Gasteiger partial charge on any atom is -0.309 e. The first-order valence-corrected chi connectivity index (χ1v) is 7.50. The predicted octanol–water partition coefficient (Wildman–Crippen LogP) is 4.34. The Balaban J connectivity index is 2.52. The monoisotopic (exact) mass is 370 g/mol. The lowest BCUT2D eigenvalue weighted by molar-refractivity contribution is -0.137. The molecule has 0 unspecified atom stereocenters. The lowest BCUT2D eigenvalue weighted by atomic mass is 9.95. The molecule has 1 aromatic heterocycles. The lowest BCUT2D eigenvalue weighted by Gasteiger charge is -2.17. The van der Waals surface area contributed by atoms with Crippen molar-refractivity contribution in [2.75, 3.05) is 5.32 Å². The van der Waals surface area contributed by atoms with E-state index in [1.165, 1.54) is 19.9 Å². The summed E-state index contributed by atoms with van der Waals surface area (Å²) in [5.41, 5.74) is -1.79. The van der Waals surface area contributed by atoms with Crippen LogP contribution >= 0.6 is 11.6 Å². The van der Waals surface area contributed by atoms with Gasteiger partial charge < -0.3 is 5.32 Å². The van der Waals surface area contributed by atoms with E-state index in [-0.39, 0.29) is 16.5 Å². The van der Waals surface area contributed by atoms with Crippen LogP contribution in [0.5, 0.6) is 0 Å². The molecule has 0 fully saturated rings. The number of carbonyl (C=O) groups excluding carboxylic acids is 1. The molecule has 0 atom stereocenters. The van der Waals surface area contributed by atoms with Gasteiger partial charge >= 0.3 is 6.18 Å². The summed E-state index contributed by atoms with van der Waals surface area (Å²) in [5.74, 6) is -0.494. The lowest BCUT2D eigenvalue weighted by Crippen LogP contribution is -2.30. The van der Waals surface area contributed by atoms with Crippen molar-refractivity contribution in [3.8, 4) is 11.8 Å². The van der Waals surface area contributed by atoms with Gasteiger partial charge in [-0.2, -0.15) is 23.5 Å². The maximum Gasteiger partial charge on any atom is 0.416 e. The Kier molecular flexibility index (Phi) is 4.82. The van der Waals surface area contributed by atoms with Crippen molar-refractivity contribution in [2.24, 2.45) is 5.41 Å². The van der Waals surface area contributed by atoms with E-state index in [0.717, 1.165) is 22.9 Å². The van der Waals surface area contributed by atoms with Crippen LogP contribution in [0.1, 0.15) is 25.1 Å². The first-order chi connectivity index (χ1) is 11.5. The van der Waals surface area contributed by atoms with Crippen LogP contribution in [0.15, 0.2) is 24.3 Å². The van der Waals surface area contributed by atoms with E-state index in [1.807, 2.05) is 6.07 Å². The molecular weight excluding hydrogens is 357 g/mol. The maximum atomic E-state index is 13.0. The second kappa shape index (κ2) is 6.41. The fourth-order valence-electron chi connectivity index (χ4n) is 1.95. The number of benzene rings is 1. The second-order valence-corrected chi connectivity index (χ2v) is 6.34.